The Morgan fingerprint density at radius 2 is 1.67 bits per heavy atom. The maximum atomic E-state index is 12.4. The molecule has 8 nitrogen and oxygen atoms in total. The lowest BCUT2D eigenvalue weighted by Crippen LogP contribution is -2.46. The van der Waals surface area contributed by atoms with Crippen molar-refractivity contribution in [3.8, 4) is 11.5 Å². The van der Waals surface area contributed by atoms with Crippen molar-refractivity contribution in [3.63, 3.8) is 0 Å². The third-order valence-corrected chi connectivity index (χ3v) is 8.78. The molecule has 3 heterocycles. The van der Waals surface area contributed by atoms with E-state index in [-0.39, 0.29) is 12.5 Å². The zero-order chi connectivity index (χ0) is 28.9. The third-order valence-electron chi connectivity index (χ3n) is 7.69. The van der Waals surface area contributed by atoms with Gasteiger partial charge in [0.05, 0.1) is 34.8 Å². The molecule has 1 N–H and O–H groups in total. The minimum Gasteiger partial charge on any atom is -0.490 e. The topological polar surface area (TPSA) is 79.3 Å². The van der Waals surface area contributed by atoms with Crippen molar-refractivity contribution in [1.29, 1.82) is 0 Å². The number of aryl methyl sites for hydroxylation is 1. The summed E-state index contributed by atoms with van der Waals surface area (Å²) in [5.74, 6) is 1.13. The van der Waals surface area contributed by atoms with E-state index in [1.54, 1.807) is 11.3 Å². The average molecular weight is 584 g/mol. The van der Waals surface area contributed by atoms with Gasteiger partial charge in [-0.15, -0.1) is 0 Å². The minimum atomic E-state index is -0.143. The lowest BCUT2D eigenvalue weighted by Gasteiger charge is -2.34. The number of nitrogens with one attached hydrogen (secondary N) is 1. The highest BCUT2D eigenvalue weighted by Gasteiger charge is 2.22. The van der Waals surface area contributed by atoms with E-state index in [0.717, 1.165) is 73.1 Å². The molecule has 0 unspecified atom stereocenters. The number of nitrogens with zero attached hydrogens (tertiary/aromatic N) is 4. The number of carbonyl (C=O) groups excluding carboxylic acids is 1. The van der Waals surface area contributed by atoms with E-state index >= 15 is 0 Å². The zero-order valence-electron chi connectivity index (χ0n) is 24.3. The molecule has 6 rings (SSSR count). The third kappa shape index (κ3) is 6.27. The van der Waals surface area contributed by atoms with E-state index in [0.29, 0.717) is 30.4 Å². The van der Waals surface area contributed by atoms with Gasteiger partial charge in [0.25, 0.3) is 0 Å². The summed E-state index contributed by atoms with van der Waals surface area (Å²) in [7, 11) is 0. The van der Waals surface area contributed by atoms with Gasteiger partial charge >= 0.3 is 0 Å². The number of aromatic nitrogens is 1. The molecule has 0 atom stereocenters. The summed E-state index contributed by atoms with van der Waals surface area (Å²) in [5, 5.41) is 4.12. The maximum Gasteiger partial charge on any atom is 0.246 e. The molecule has 218 valence electrons. The lowest BCUT2D eigenvalue weighted by atomic mass is 9.98. The van der Waals surface area contributed by atoms with Crippen LogP contribution < -0.4 is 19.7 Å². The van der Waals surface area contributed by atoms with Gasteiger partial charge in [-0.2, -0.15) is 0 Å². The van der Waals surface area contributed by atoms with Gasteiger partial charge in [-0.3, -0.25) is 14.7 Å². The van der Waals surface area contributed by atoms with E-state index < -0.39 is 0 Å². The summed E-state index contributed by atoms with van der Waals surface area (Å²) in [4.78, 5) is 26.9. The zero-order valence-corrected chi connectivity index (χ0v) is 25.1. The molecule has 1 fully saturated rings. The van der Waals surface area contributed by atoms with Crippen LogP contribution in [0.25, 0.3) is 10.2 Å². The van der Waals surface area contributed by atoms with Crippen molar-refractivity contribution < 1.29 is 14.3 Å². The van der Waals surface area contributed by atoms with Gasteiger partial charge in [0.15, 0.2) is 16.6 Å². The fraction of sp³-hybridized carbons (Fsp3) is 0.364. The van der Waals surface area contributed by atoms with Crippen LogP contribution in [-0.4, -0.2) is 74.0 Å². The normalized spacial score (nSPS) is 15.6. The van der Waals surface area contributed by atoms with E-state index in [1.165, 1.54) is 10.3 Å². The molecule has 1 aromatic heterocycles. The number of piperazine rings is 1. The van der Waals surface area contributed by atoms with Gasteiger partial charge in [0.2, 0.25) is 5.91 Å². The molecule has 0 spiro atoms. The Hall–Kier alpha value is -3.95. The highest BCUT2D eigenvalue weighted by Crippen LogP contribution is 2.36. The molecule has 42 heavy (non-hydrogen) atoms. The van der Waals surface area contributed by atoms with Crippen LogP contribution in [0.5, 0.6) is 11.5 Å². The largest absolute Gasteiger partial charge is 0.490 e. The molecule has 9 heteroatoms. The smallest absolute Gasteiger partial charge is 0.246 e. The second-order valence-corrected chi connectivity index (χ2v) is 11.5. The Morgan fingerprint density at radius 1 is 0.929 bits per heavy atom. The minimum absolute atomic E-state index is 0.0753. The Morgan fingerprint density at radius 3 is 2.40 bits per heavy atom. The van der Waals surface area contributed by atoms with Crippen LogP contribution >= 0.6 is 11.3 Å². The summed E-state index contributed by atoms with van der Waals surface area (Å²) < 4.78 is 12.9. The molecule has 4 aromatic rings. The van der Waals surface area contributed by atoms with E-state index in [1.807, 2.05) is 26.0 Å². The number of para-hydroxylation sites is 1. The van der Waals surface area contributed by atoms with Gasteiger partial charge in [0.1, 0.15) is 6.54 Å². The van der Waals surface area contributed by atoms with Crippen molar-refractivity contribution in [2.24, 2.45) is 4.99 Å². The van der Waals surface area contributed by atoms with Crippen molar-refractivity contribution in [1.82, 2.24) is 9.88 Å². The highest BCUT2D eigenvalue weighted by molar-refractivity contribution is 7.22. The van der Waals surface area contributed by atoms with Crippen LogP contribution in [0.15, 0.2) is 65.7 Å². The molecular formula is C33H37N5O3S. The molecule has 0 saturated carbocycles. The molecule has 3 aromatic carbocycles. The number of anilines is 2. The van der Waals surface area contributed by atoms with Crippen LogP contribution in [0.4, 0.5) is 10.8 Å². The quantitative estimate of drug-likeness (QED) is 0.260. The van der Waals surface area contributed by atoms with Gasteiger partial charge in [-0.25, -0.2) is 4.98 Å². The summed E-state index contributed by atoms with van der Waals surface area (Å²) in [6.45, 7) is 10.2. The second kappa shape index (κ2) is 12.9. The summed E-state index contributed by atoms with van der Waals surface area (Å²) in [6, 6.07) is 20.7. The summed E-state index contributed by atoms with van der Waals surface area (Å²) in [5.41, 5.74) is 5.69. The number of benzene rings is 3. The average Bonchev–Trinajstić information content (AvgIpc) is 3.37. The van der Waals surface area contributed by atoms with E-state index in [9.17, 15) is 4.79 Å². The molecule has 2 aliphatic rings. The standard InChI is InChI=1S/C33H37N5O3S/c1-3-40-28-20-25-27(21-29(28)41-4-2)35-31(39)22-34-32(25)24-13-11-23(12-14-24)8-7-15-37-16-18-38(19-17-37)33-36-26-9-5-6-10-30(26)42-33/h5-6,9-14,20-21H,3-4,7-8,15-19,22H2,1-2H3,(H,35,39). The van der Waals surface area contributed by atoms with Crippen molar-refractivity contribution in [2.75, 3.05) is 62.7 Å². The van der Waals surface area contributed by atoms with Crippen LogP contribution in [0.1, 0.15) is 37.0 Å². The van der Waals surface area contributed by atoms with Gasteiger partial charge in [0, 0.05) is 43.4 Å². The molecule has 0 bridgehead atoms. The van der Waals surface area contributed by atoms with E-state index in [2.05, 4.69) is 68.6 Å². The SMILES string of the molecule is CCOc1cc2c(cc1OCC)C(c1ccc(CCCN3CCN(c4nc5ccccc5s4)CC3)cc1)=NCC(=O)N2. The number of hydrogen-bond acceptors (Lipinski definition) is 8. The first-order valence-corrected chi connectivity index (χ1v) is 15.6. The molecule has 0 radical (unpaired) electrons. The van der Waals surface area contributed by atoms with Crippen LogP contribution in [0, 0.1) is 0 Å². The Kier molecular flexibility index (Phi) is 8.67. The predicted molar refractivity (Wildman–Crippen MR) is 171 cm³/mol. The number of fused-ring (bicyclic) bond motifs is 2. The number of aliphatic imine (C=N–C) groups is 1. The molecule has 1 amide bonds. The van der Waals surface area contributed by atoms with Gasteiger partial charge in [-0.05, 0) is 57.0 Å². The fourth-order valence-corrected chi connectivity index (χ4v) is 6.58. The fourth-order valence-electron chi connectivity index (χ4n) is 5.56. The van der Waals surface area contributed by atoms with E-state index in [4.69, 9.17) is 14.5 Å². The van der Waals surface area contributed by atoms with Gasteiger partial charge in [-0.1, -0.05) is 47.7 Å². The number of hydrogen-bond donors (Lipinski definition) is 1. The summed E-state index contributed by atoms with van der Waals surface area (Å²) >= 11 is 1.79. The number of carbonyl (C=O) groups is 1. The Bertz CT molecular complexity index is 1540. The monoisotopic (exact) mass is 583 g/mol. The highest BCUT2D eigenvalue weighted by atomic mass is 32.1. The number of amides is 1. The van der Waals surface area contributed by atoms with Crippen molar-refractivity contribution >= 4 is 44.0 Å². The first-order valence-electron chi connectivity index (χ1n) is 14.8. The maximum absolute atomic E-state index is 12.4. The predicted octanol–water partition coefficient (Wildman–Crippen LogP) is 5.64. The molecular weight excluding hydrogens is 546 g/mol. The Labute approximate surface area is 251 Å². The van der Waals surface area contributed by atoms with Crippen LogP contribution in [0.2, 0.25) is 0 Å². The van der Waals surface area contributed by atoms with Crippen LogP contribution in [-0.2, 0) is 11.2 Å². The van der Waals surface area contributed by atoms with Crippen molar-refractivity contribution in [2.45, 2.75) is 26.7 Å². The molecule has 1 saturated heterocycles. The Balaban J connectivity index is 1.06. The van der Waals surface area contributed by atoms with Crippen molar-refractivity contribution in [3.05, 3.63) is 77.4 Å². The lowest BCUT2D eigenvalue weighted by molar-refractivity contribution is -0.114. The number of ether oxygens (including phenoxy) is 2. The van der Waals surface area contributed by atoms with Gasteiger partial charge < -0.3 is 19.7 Å². The number of thiazole rings is 1. The molecule has 0 aliphatic carbocycles. The first-order chi connectivity index (χ1) is 20.6. The molecule has 2 aliphatic heterocycles. The summed E-state index contributed by atoms with van der Waals surface area (Å²) in [6.07, 6.45) is 2.13. The number of rotatable bonds is 10. The number of benzodiazepines with no additional fused rings is 1. The second-order valence-electron chi connectivity index (χ2n) is 10.5. The first kappa shape index (κ1) is 28.2. The van der Waals surface area contributed by atoms with Crippen LogP contribution in [0.3, 0.4) is 0 Å².